The Morgan fingerprint density at radius 3 is 2.28 bits per heavy atom. The average Bonchev–Trinajstić information content (AvgIpc) is 3.35. The zero-order chi connectivity index (χ0) is 22.6. The Bertz CT molecular complexity index is 1310. The third kappa shape index (κ3) is 4.65. The Morgan fingerprint density at radius 1 is 0.875 bits per heavy atom. The van der Waals surface area contributed by atoms with Gasteiger partial charge in [0.15, 0.2) is 0 Å². The molecule has 0 unspecified atom stereocenters. The molecule has 0 saturated carbocycles. The monoisotopic (exact) mass is 452 g/mol. The number of ether oxygens (including phenoxy) is 3. The summed E-state index contributed by atoms with van der Waals surface area (Å²) < 4.78 is 46.1. The SMILES string of the molecule is COc1ccc(S(=O)(=O)Nc2ccc(Oc3cc(-n4cccc4)ncn3)cc2)c(OC)c1. The van der Waals surface area contributed by atoms with E-state index in [9.17, 15) is 8.42 Å². The van der Waals surface area contributed by atoms with Gasteiger partial charge >= 0.3 is 0 Å². The minimum Gasteiger partial charge on any atom is -0.497 e. The lowest BCUT2D eigenvalue weighted by atomic mass is 10.3. The van der Waals surface area contributed by atoms with Crippen LogP contribution in [0, 0.1) is 0 Å². The fourth-order valence-corrected chi connectivity index (χ4v) is 4.14. The summed E-state index contributed by atoms with van der Waals surface area (Å²) in [6.45, 7) is 0. The van der Waals surface area contributed by atoms with Gasteiger partial charge < -0.3 is 18.8 Å². The zero-order valence-corrected chi connectivity index (χ0v) is 18.1. The first kappa shape index (κ1) is 21.2. The molecule has 0 fully saturated rings. The molecule has 164 valence electrons. The maximum absolute atomic E-state index is 12.8. The molecule has 9 nitrogen and oxygen atoms in total. The van der Waals surface area contributed by atoms with E-state index in [2.05, 4.69) is 14.7 Å². The first-order valence-electron chi connectivity index (χ1n) is 9.46. The normalized spacial score (nSPS) is 11.1. The predicted octanol–water partition coefficient (Wildman–Crippen LogP) is 3.88. The third-order valence-electron chi connectivity index (χ3n) is 4.49. The van der Waals surface area contributed by atoms with E-state index in [0.29, 0.717) is 28.9 Å². The summed E-state index contributed by atoms with van der Waals surface area (Å²) in [6.07, 6.45) is 5.14. The van der Waals surface area contributed by atoms with Crippen molar-refractivity contribution < 1.29 is 22.6 Å². The minimum absolute atomic E-state index is 0.000321. The van der Waals surface area contributed by atoms with Crippen LogP contribution in [-0.2, 0) is 10.0 Å². The van der Waals surface area contributed by atoms with Crippen LogP contribution in [0.1, 0.15) is 0 Å². The number of rotatable bonds is 8. The topological polar surface area (TPSA) is 105 Å². The molecule has 0 bridgehead atoms. The van der Waals surface area contributed by atoms with Crippen molar-refractivity contribution in [2.75, 3.05) is 18.9 Å². The second-order valence-corrected chi connectivity index (χ2v) is 8.20. The van der Waals surface area contributed by atoms with Gasteiger partial charge in [-0.05, 0) is 48.5 Å². The molecular formula is C22H20N4O5S. The number of anilines is 1. The van der Waals surface area contributed by atoms with Crippen LogP contribution in [-0.4, -0.2) is 37.2 Å². The quantitative estimate of drug-likeness (QED) is 0.433. The molecule has 32 heavy (non-hydrogen) atoms. The number of aromatic nitrogens is 3. The van der Waals surface area contributed by atoms with Gasteiger partial charge in [-0.15, -0.1) is 0 Å². The summed E-state index contributed by atoms with van der Waals surface area (Å²) in [5.41, 5.74) is 0.367. The van der Waals surface area contributed by atoms with Crippen LogP contribution in [0.5, 0.6) is 23.1 Å². The van der Waals surface area contributed by atoms with Gasteiger partial charge in [0, 0.05) is 30.2 Å². The number of methoxy groups -OCH3 is 2. The van der Waals surface area contributed by atoms with Crippen LogP contribution in [0.3, 0.4) is 0 Å². The van der Waals surface area contributed by atoms with E-state index in [-0.39, 0.29) is 10.6 Å². The molecule has 0 saturated heterocycles. The summed E-state index contributed by atoms with van der Waals surface area (Å²) in [7, 11) is -0.987. The van der Waals surface area contributed by atoms with E-state index in [1.165, 1.54) is 32.7 Å². The van der Waals surface area contributed by atoms with Crippen LogP contribution in [0.25, 0.3) is 5.82 Å². The fourth-order valence-electron chi connectivity index (χ4n) is 2.93. The summed E-state index contributed by atoms with van der Waals surface area (Å²) in [4.78, 5) is 8.33. The van der Waals surface area contributed by atoms with Gasteiger partial charge in [-0.25, -0.2) is 18.4 Å². The van der Waals surface area contributed by atoms with Crippen LogP contribution in [0.15, 0.2) is 84.3 Å². The molecule has 0 aliphatic carbocycles. The van der Waals surface area contributed by atoms with E-state index >= 15 is 0 Å². The van der Waals surface area contributed by atoms with Crippen molar-refractivity contribution in [3.63, 3.8) is 0 Å². The molecule has 2 aromatic carbocycles. The molecule has 4 rings (SSSR count). The van der Waals surface area contributed by atoms with E-state index in [0.717, 1.165) is 0 Å². The molecule has 10 heteroatoms. The number of nitrogens with one attached hydrogen (secondary N) is 1. The molecule has 0 aliphatic rings. The van der Waals surface area contributed by atoms with Gasteiger partial charge in [0.05, 0.1) is 14.2 Å². The lowest BCUT2D eigenvalue weighted by molar-refractivity contribution is 0.386. The van der Waals surface area contributed by atoms with E-state index in [1.54, 1.807) is 36.4 Å². The molecule has 4 aromatic rings. The second kappa shape index (κ2) is 8.98. The van der Waals surface area contributed by atoms with Gasteiger partial charge in [-0.1, -0.05) is 0 Å². The van der Waals surface area contributed by atoms with Gasteiger partial charge in [-0.3, -0.25) is 4.72 Å². The number of hydrogen-bond donors (Lipinski definition) is 1. The number of sulfonamides is 1. The average molecular weight is 452 g/mol. The largest absolute Gasteiger partial charge is 0.497 e. The van der Waals surface area contributed by atoms with Crippen LogP contribution >= 0.6 is 0 Å². The number of benzene rings is 2. The molecule has 0 aliphatic heterocycles. The van der Waals surface area contributed by atoms with Crippen molar-refractivity contribution in [2.24, 2.45) is 0 Å². The third-order valence-corrected chi connectivity index (χ3v) is 5.91. The molecule has 0 atom stereocenters. The maximum atomic E-state index is 12.8. The summed E-state index contributed by atoms with van der Waals surface area (Å²) in [5.74, 6) is 2.19. The molecular weight excluding hydrogens is 432 g/mol. The Kier molecular flexibility index (Phi) is 5.95. The highest BCUT2D eigenvalue weighted by Gasteiger charge is 2.20. The van der Waals surface area contributed by atoms with Crippen molar-refractivity contribution in [3.05, 3.63) is 79.4 Å². The summed E-state index contributed by atoms with van der Waals surface area (Å²) in [5, 5.41) is 0. The number of hydrogen-bond acceptors (Lipinski definition) is 7. The highest BCUT2D eigenvalue weighted by Crippen LogP contribution is 2.30. The van der Waals surface area contributed by atoms with Crippen LogP contribution < -0.4 is 18.9 Å². The van der Waals surface area contributed by atoms with Crippen molar-refractivity contribution >= 4 is 15.7 Å². The second-order valence-electron chi connectivity index (χ2n) is 6.55. The van der Waals surface area contributed by atoms with Crippen LogP contribution in [0.2, 0.25) is 0 Å². The highest BCUT2D eigenvalue weighted by molar-refractivity contribution is 7.92. The smallest absolute Gasteiger partial charge is 0.265 e. The highest BCUT2D eigenvalue weighted by atomic mass is 32.2. The van der Waals surface area contributed by atoms with Gasteiger partial charge in [-0.2, -0.15) is 0 Å². The van der Waals surface area contributed by atoms with E-state index in [4.69, 9.17) is 14.2 Å². The molecule has 0 radical (unpaired) electrons. The van der Waals surface area contributed by atoms with E-state index < -0.39 is 10.0 Å². The Balaban J connectivity index is 1.49. The molecule has 0 amide bonds. The first-order chi connectivity index (χ1) is 15.5. The maximum Gasteiger partial charge on any atom is 0.265 e. The van der Waals surface area contributed by atoms with Crippen LogP contribution in [0.4, 0.5) is 5.69 Å². The van der Waals surface area contributed by atoms with Crippen molar-refractivity contribution in [1.29, 1.82) is 0 Å². The van der Waals surface area contributed by atoms with Gasteiger partial charge in [0.2, 0.25) is 5.88 Å². The first-order valence-corrected chi connectivity index (χ1v) is 10.9. The predicted molar refractivity (Wildman–Crippen MR) is 118 cm³/mol. The Hall–Kier alpha value is -4.05. The summed E-state index contributed by atoms with van der Waals surface area (Å²) >= 11 is 0. The standard InChI is InChI=1S/C22H20N4O5S/c1-29-18-9-10-20(19(13-18)30-2)32(27,28)25-16-5-7-17(8-6-16)31-22-14-21(23-15-24-22)26-11-3-4-12-26/h3-15,25H,1-2H3. The van der Waals surface area contributed by atoms with Crippen molar-refractivity contribution in [1.82, 2.24) is 14.5 Å². The summed E-state index contributed by atoms with van der Waals surface area (Å²) in [6, 6.07) is 16.4. The Labute approximate surface area is 185 Å². The molecule has 0 spiro atoms. The molecule has 2 heterocycles. The van der Waals surface area contributed by atoms with E-state index in [1.807, 2.05) is 29.1 Å². The van der Waals surface area contributed by atoms with Crippen molar-refractivity contribution in [2.45, 2.75) is 4.90 Å². The lowest BCUT2D eigenvalue weighted by Gasteiger charge is -2.13. The fraction of sp³-hybridized carbons (Fsp3) is 0.0909. The molecule has 2 aromatic heterocycles. The van der Waals surface area contributed by atoms with Gasteiger partial charge in [0.25, 0.3) is 10.0 Å². The zero-order valence-electron chi connectivity index (χ0n) is 17.3. The van der Waals surface area contributed by atoms with Gasteiger partial charge in [0.1, 0.15) is 34.3 Å². The lowest BCUT2D eigenvalue weighted by Crippen LogP contribution is -2.14. The minimum atomic E-state index is -3.88. The number of nitrogens with zero attached hydrogens (tertiary/aromatic N) is 3. The van der Waals surface area contributed by atoms with Crippen molar-refractivity contribution in [3.8, 4) is 28.9 Å². The molecule has 1 N–H and O–H groups in total. The Morgan fingerprint density at radius 2 is 1.59 bits per heavy atom.